The predicted octanol–water partition coefficient (Wildman–Crippen LogP) is 0.00830. The molecule has 2 saturated carbocycles. The van der Waals surface area contributed by atoms with Crippen molar-refractivity contribution in [2.75, 3.05) is 14.2 Å². The van der Waals surface area contributed by atoms with Crippen LogP contribution in [0.4, 0.5) is 0 Å². The van der Waals surface area contributed by atoms with Crippen molar-refractivity contribution >= 4 is 11.9 Å². The van der Waals surface area contributed by atoms with Gasteiger partial charge in [-0.15, -0.1) is 0 Å². The number of aliphatic hydroxyl groups is 1. The summed E-state index contributed by atoms with van der Waals surface area (Å²) in [5.41, 5.74) is 6.89. The first-order valence-electron chi connectivity index (χ1n) is 5.45. The van der Waals surface area contributed by atoms with E-state index in [2.05, 4.69) is 19.5 Å². The Bertz CT molecular complexity index is 447. The molecule has 0 heterocycles. The van der Waals surface area contributed by atoms with Crippen molar-refractivity contribution in [1.29, 1.82) is 0 Å². The molecule has 0 aromatic rings. The Morgan fingerprint density at radius 2 is 2.11 bits per heavy atom. The largest absolute Gasteiger partial charge is 0.469 e. The minimum Gasteiger partial charge on any atom is -0.469 e. The molecule has 0 amide bonds. The summed E-state index contributed by atoms with van der Waals surface area (Å²) in [5, 5.41) is 13.4. The van der Waals surface area contributed by atoms with E-state index in [1.807, 2.05) is 0 Å². The van der Waals surface area contributed by atoms with Crippen LogP contribution in [-0.4, -0.2) is 42.9 Å². The number of nitrogens with zero attached hydrogens (tertiary/aromatic N) is 3. The fourth-order valence-corrected chi connectivity index (χ4v) is 3.07. The fourth-order valence-electron chi connectivity index (χ4n) is 3.07. The van der Waals surface area contributed by atoms with E-state index < -0.39 is 35.4 Å². The van der Waals surface area contributed by atoms with Crippen LogP contribution in [0.15, 0.2) is 5.11 Å². The molecular formula is C10H13N3O5. The van der Waals surface area contributed by atoms with Gasteiger partial charge in [0.05, 0.1) is 26.2 Å². The van der Waals surface area contributed by atoms with Crippen LogP contribution in [0.3, 0.4) is 0 Å². The molecule has 2 aliphatic rings. The zero-order valence-electron chi connectivity index (χ0n) is 9.94. The van der Waals surface area contributed by atoms with Crippen molar-refractivity contribution in [3.63, 3.8) is 0 Å². The molecule has 0 radical (unpaired) electrons. The van der Waals surface area contributed by atoms with Crippen molar-refractivity contribution in [2.45, 2.75) is 18.1 Å². The van der Waals surface area contributed by atoms with Crippen LogP contribution in [-0.2, 0) is 19.1 Å². The smallest absolute Gasteiger partial charge is 0.320 e. The molecule has 0 spiro atoms. The molecule has 0 saturated heterocycles. The van der Waals surface area contributed by atoms with Crippen molar-refractivity contribution in [2.24, 2.45) is 22.9 Å². The Morgan fingerprint density at radius 1 is 1.44 bits per heavy atom. The average Bonchev–Trinajstić information content (AvgIpc) is 3.00. The maximum Gasteiger partial charge on any atom is 0.320 e. The lowest BCUT2D eigenvalue weighted by atomic mass is 9.88. The summed E-state index contributed by atoms with van der Waals surface area (Å²) in [5.74, 6) is -2.52. The van der Waals surface area contributed by atoms with Crippen LogP contribution in [0, 0.1) is 17.8 Å². The van der Waals surface area contributed by atoms with Gasteiger partial charge < -0.3 is 14.6 Å². The van der Waals surface area contributed by atoms with E-state index >= 15 is 0 Å². The normalized spacial score (nSPS) is 40.4. The van der Waals surface area contributed by atoms with Crippen LogP contribution in [0.1, 0.15) is 6.42 Å². The van der Waals surface area contributed by atoms with Crippen LogP contribution in [0.5, 0.6) is 0 Å². The highest BCUT2D eigenvalue weighted by atomic mass is 16.5. The second-order valence-electron chi connectivity index (χ2n) is 4.50. The molecule has 2 aliphatic carbocycles. The monoisotopic (exact) mass is 255 g/mol. The number of ether oxygens (including phenoxy) is 2. The average molecular weight is 255 g/mol. The Hall–Kier alpha value is -1.79. The summed E-state index contributed by atoms with van der Waals surface area (Å²) in [4.78, 5) is 26.0. The Labute approximate surface area is 102 Å². The van der Waals surface area contributed by atoms with E-state index in [0.29, 0.717) is 0 Å². The molecule has 98 valence electrons. The van der Waals surface area contributed by atoms with Crippen molar-refractivity contribution in [3.8, 4) is 0 Å². The van der Waals surface area contributed by atoms with Gasteiger partial charge >= 0.3 is 11.9 Å². The van der Waals surface area contributed by atoms with Crippen molar-refractivity contribution in [3.05, 3.63) is 10.4 Å². The molecule has 0 unspecified atom stereocenters. The molecule has 8 heteroatoms. The van der Waals surface area contributed by atoms with E-state index in [4.69, 9.17) is 5.53 Å². The highest BCUT2D eigenvalue weighted by Gasteiger charge is 2.75. The van der Waals surface area contributed by atoms with E-state index in [1.54, 1.807) is 0 Å². The van der Waals surface area contributed by atoms with Gasteiger partial charge in [0.2, 0.25) is 0 Å². The summed E-state index contributed by atoms with van der Waals surface area (Å²) in [6.07, 6.45) is -0.907. The Morgan fingerprint density at radius 3 is 2.61 bits per heavy atom. The number of azide groups is 1. The second kappa shape index (κ2) is 4.15. The lowest BCUT2D eigenvalue weighted by Crippen LogP contribution is -2.49. The molecule has 0 aromatic heterocycles. The third-order valence-electron chi connectivity index (χ3n) is 3.88. The van der Waals surface area contributed by atoms with Gasteiger partial charge in [-0.3, -0.25) is 9.59 Å². The number of rotatable bonds is 3. The van der Waals surface area contributed by atoms with Gasteiger partial charge in [0.15, 0.2) is 5.54 Å². The molecule has 2 fully saturated rings. The SMILES string of the molecule is COC(=O)[C@H]1[C@@H]2C[C@H](O)[C@@](N=[N+]=[N-])(C(=O)OC)[C@@H]21. The topological polar surface area (TPSA) is 122 Å². The van der Waals surface area contributed by atoms with Crippen LogP contribution in [0.25, 0.3) is 10.4 Å². The van der Waals surface area contributed by atoms with Crippen molar-refractivity contribution in [1.82, 2.24) is 0 Å². The number of carbonyl (C=O) groups excluding carboxylic acids is 2. The minimum atomic E-state index is -1.70. The lowest BCUT2D eigenvalue weighted by molar-refractivity contribution is -0.153. The third kappa shape index (κ3) is 1.39. The summed E-state index contributed by atoms with van der Waals surface area (Å²) < 4.78 is 9.23. The first kappa shape index (κ1) is 12.7. The summed E-state index contributed by atoms with van der Waals surface area (Å²) in [6, 6.07) is 0. The molecule has 5 atom stereocenters. The van der Waals surface area contributed by atoms with Gasteiger partial charge in [0.1, 0.15) is 0 Å². The number of carbonyl (C=O) groups is 2. The lowest BCUT2D eigenvalue weighted by Gasteiger charge is -2.27. The molecule has 0 aromatic carbocycles. The van der Waals surface area contributed by atoms with E-state index in [1.165, 1.54) is 7.11 Å². The molecule has 1 N–H and O–H groups in total. The van der Waals surface area contributed by atoms with Crippen LogP contribution >= 0.6 is 0 Å². The maximum absolute atomic E-state index is 11.8. The van der Waals surface area contributed by atoms with Crippen LogP contribution < -0.4 is 0 Å². The van der Waals surface area contributed by atoms with E-state index in [-0.39, 0.29) is 12.3 Å². The highest BCUT2D eigenvalue weighted by molar-refractivity contribution is 5.88. The maximum atomic E-state index is 11.8. The number of aliphatic hydroxyl groups excluding tert-OH is 1. The number of hydrogen-bond acceptors (Lipinski definition) is 6. The second-order valence-corrected chi connectivity index (χ2v) is 4.50. The summed E-state index contributed by atoms with van der Waals surface area (Å²) >= 11 is 0. The third-order valence-corrected chi connectivity index (χ3v) is 3.88. The standard InChI is InChI=1S/C10H13N3O5/c1-17-8(15)6-4-3-5(14)10(7(4)6,12-13-11)9(16)18-2/h4-7,14H,3H2,1-2H3/t4-,5-,6-,7-,10-/m0/s1. The quantitative estimate of drug-likeness (QED) is 0.329. The summed E-state index contributed by atoms with van der Waals surface area (Å²) in [7, 11) is 2.40. The zero-order chi connectivity index (χ0) is 13.5. The number of esters is 2. The first-order chi connectivity index (χ1) is 8.54. The summed E-state index contributed by atoms with van der Waals surface area (Å²) in [6.45, 7) is 0. The van der Waals surface area contributed by atoms with Gasteiger partial charge in [0.25, 0.3) is 0 Å². The molecular weight excluding hydrogens is 242 g/mol. The van der Waals surface area contributed by atoms with Gasteiger partial charge in [-0.05, 0) is 17.9 Å². The van der Waals surface area contributed by atoms with Gasteiger partial charge in [-0.1, -0.05) is 5.11 Å². The van der Waals surface area contributed by atoms with Gasteiger partial charge in [-0.2, -0.15) is 0 Å². The van der Waals surface area contributed by atoms with E-state index in [0.717, 1.165) is 7.11 Å². The molecule has 18 heavy (non-hydrogen) atoms. The number of fused-ring (bicyclic) bond motifs is 1. The Balaban J connectivity index is 2.37. The number of methoxy groups -OCH3 is 2. The van der Waals surface area contributed by atoms with E-state index in [9.17, 15) is 14.7 Å². The van der Waals surface area contributed by atoms with Gasteiger partial charge in [0, 0.05) is 10.8 Å². The number of hydrogen-bond donors (Lipinski definition) is 1. The molecule has 8 nitrogen and oxygen atoms in total. The first-order valence-corrected chi connectivity index (χ1v) is 5.45. The Kier molecular flexibility index (Phi) is 2.92. The van der Waals surface area contributed by atoms with Gasteiger partial charge in [-0.25, -0.2) is 0 Å². The molecule has 2 rings (SSSR count). The minimum absolute atomic E-state index is 0.197. The highest BCUT2D eigenvalue weighted by Crippen LogP contribution is 2.64. The van der Waals surface area contributed by atoms with Crippen LogP contribution in [0.2, 0.25) is 0 Å². The molecule has 0 bridgehead atoms. The fraction of sp³-hybridized carbons (Fsp3) is 0.800. The zero-order valence-corrected chi connectivity index (χ0v) is 9.94. The van der Waals surface area contributed by atoms with Crippen molar-refractivity contribution < 1.29 is 24.2 Å². The predicted molar refractivity (Wildman–Crippen MR) is 57.0 cm³/mol. The molecule has 0 aliphatic heterocycles.